The number of aromatic nitrogens is 2. The van der Waals surface area contributed by atoms with Crippen molar-refractivity contribution < 1.29 is 13.2 Å². The van der Waals surface area contributed by atoms with E-state index in [1.165, 1.54) is 28.5 Å². The molecule has 5 rings (SSSR count). The Morgan fingerprint density at radius 1 is 0.969 bits per heavy atom. The van der Waals surface area contributed by atoms with E-state index in [-0.39, 0.29) is 5.56 Å². The molecule has 0 unspecified atom stereocenters. The maximum absolute atomic E-state index is 12.8. The number of nitrogens with one attached hydrogen (secondary N) is 1. The first kappa shape index (κ1) is 20.5. The molecule has 7 heteroatoms. The van der Waals surface area contributed by atoms with E-state index in [0.717, 1.165) is 25.2 Å². The number of rotatable bonds is 3. The predicted molar refractivity (Wildman–Crippen MR) is 117 cm³/mol. The number of hydrogen-bond donors (Lipinski definition) is 1. The van der Waals surface area contributed by atoms with Gasteiger partial charge in [0, 0.05) is 31.6 Å². The number of benzene rings is 3. The predicted octanol–water partition coefficient (Wildman–Crippen LogP) is 5.17. The van der Waals surface area contributed by atoms with Crippen molar-refractivity contribution in [2.45, 2.75) is 25.7 Å². The van der Waals surface area contributed by atoms with Gasteiger partial charge in [-0.2, -0.15) is 13.2 Å². The van der Waals surface area contributed by atoms with Crippen molar-refractivity contribution in [3.8, 4) is 11.4 Å². The summed E-state index contributed by atoms with van der Waals surface area (Å²) in [6, 6.07) is 19.1. The van der Waals surface area contributed by atoms with Gasteiger partial charge in [-0.3, -0.25) is 9.69 Å². The van der Waals surface area contributed by atoms with Gasteiger partial charge in [0.1, 0.15) is 5.82 Å². The highest BCUT2D eigenvalue weighted by Gasteiger charge is 2.30. The van der Waals surface area contributed by atoms with Crippen LogP contribution in [-0.2, 0) is 25.7 Å². The average Bonchev–Trinajstić information content (AvgIpc) is 2.79. The molecular formula is C25H20F3N3O. The quantitative estimate of drug-likeness (QED) is 0.483. The monoisotopic (exact) mass is 435 g/mol. The number of H-pyrrole nitrogens is 1. The Bertz CT molecular complexity index is 1340. The van der Waals surface area contributed by atoms with Crippen molar-refractivity contribution in [2.24, 2.45) is 0 Å². The first-order valence-electron chi connectivity index (χ1n) is 10.4. The van der Waals surface area contributed by atoms with Crippen molar-refractivity contribution in [1.29, 1.82) is 0 Å². The van der Waals surface area contributed by atoms with E-state index in [2.05, 4.69) is 39.1 Å². The Morgan fingerprint density at radius 3 is 2.50 bits per heavy atom. The van der Waals surface area contributed by atoms with Crippen LogP contribution in [0, 0.1) is 0 Å². The van der Waals surface area contributed by atoms with Crippen molar-refractivity contribution in [2.75, 3.05) is 6.54 Å². The minimum absolute atomic E-state index is 0.243. The minimum Gasteiger partial charge on any atom is -0.306 e. The van der Waals surface area contributed by atoms with Crippen LogP contribution in [-0.4, -0.2) is 21.4 Å². The Balaban J connectivity index is 1.39. The van der Waals surface area contributed by atoms with Gasteiger partial charge in [-0.05, 0) is 28.5 Å². The molecule has 0 bridgehead atoms. The summed E-state index contributed by atoms with van der Waals surface area (Å²) in [7, 11) is 0. The summed E-state index contributed by atoms with van der Waals surface area (Å²) in [5.41, 5.74) is 2.01. The van der Waals surface area contributed by atoms with Crippen LogP contribution >= 0.6 is 0 Å². The van der Waals surface area contributed by atoms with Crippen LogP contribution in [0.25, 0.3) is 22.2 Å². The number of nitrogens with zero attached hydrogens (tertiary/aromatic N) is 2. The van der Waals surface area contributed by atoms with Gasteiger partial charge in [0.2, 0.25) is 0 Å². The van der Waals surface area contributed by atoms with Crippen LogP contribution in [0.15, 0.2) is 71.5 Å². The molecule has 4 nitrogen and oxygen atoms in total. The van der Waals surface area contributed by atoms with Crippen molar-refractivity contribution in [3.63, 3.8) is 0 Å². The van der Waals surface area contributed by atoms with Crippen LogP contribution in [0.2, 0.25) is 0 Å². The van der Waals surface area contributed by atoms with Gasteiger partial charge in [-0.1, -0.05) is 54.6 Å². The summed E-state index contributed by atoms with van der Waals surface area (Å²) < 4.78 is 38.4. The van der Waals surface area contributed by atoms with Crippen LogP contribution < -0.4 is 5.56 Å². The second-order valence-corrected chi connectivity index (χ2v) is 8.01. The van der Waals surface area contributed by atoms with E-state index in [9.17, 15) is 18.0 Å². The van der Waals surface area contributed by atoms with Gasteiger partial charge < -0.3 is 4.98 Å². The number of alkyl halides is 3. The Kier molecular flexibility index (Phi) is 5.06. The van der Waals surface area contributed by atoms with E-state index < -0.39 is 11.7 Å². The fourth-order valence-electron chi connectivity index (χ4n) is 4.24. The second kappa shape index (κ2) is 7.91. The number of aromatic amines is 1. The SMILES string of the molecule is O=c1[nH]c(-c2ccc(C(F)(F)F)cc2)nc2c1CN(Cc1cccc3ccccc13)CC2. The van der Waals surface area contributed by atoms with Gasteiger partial charge in [-0.15, -0.1) is 0 Å². The van der Waals surface area contributed by atoms with Crippen molar-refractivity contribution in [1.82, 2.24) is 14.9 Å². The van der Waals surface area contributed by atoms with Crippen LogP contribution in [0.1, 0.15) is 22.4 Å². The smallest absolute Gasteiger partial charge is 0.306 e. The molecule has 162 valence electrons. The number of hydrogen-bond acceptors (Lipinski definition) is 3. The summed E-state index contributed by atoms with van der Waals surface area (Å²) in [6.45, 7) is 1.95. The standard InChI is InChI=1S/C25H20F3N3O/c26-25(27,28)19-10-8-17(9-11-19)23-29-22-12-13-31(15-21(22)24(32)30-23)14-18-6-3-5-16-4-1-2-7-20(16)18/h1-11H,12-15H2,(H,29,30,32). The molecule has 0 amide bonds. The highest BCUT2D eigenvalue weighted by Crippen LogP contribution is 2.30. The summed E-state index contributed by atoms with van der Waals surface area (Å²) in [6.07, 6.45) is -3.79. The molecule has 1 N–H and O–H groups in total. The van der Waals surface area contributed by atoms with E-state index in [0.29, 0.717) is 35.6 Å². The molecule has 0 spiro atoms. The third-order valence-electron chi connectivity index (χ3n) is 5.91. The Morgan fingerprint density at radius 2 is 1.72 bits per heavy atom. The maximum Gasteiger partial charge on any atom is 0.416 e. The molecule has 2 heterocycles. The first-order chi connectivity index (χ1) is 15.4. The minimum atomic E-state index is -4.40. The molecule has 0 fully saturated rings. The van der Waals surface area contributed by atoms with E-state index in [1.807, 2.05) is 18.2 Å². The van der Waals surface area contributed by atoms with E-state index >= 15 is 0 Å². The van der Waals surface area contributed by atoms with E-state index in [1.54, 1.807) is 0 Å². The lowest BCUT2D eigenvalue weighted by atomic mass is 10.0. The molecular weight excluding hydrogens is 415 g/mol. The molecule has 4 aromatic rings. The average molecular weight is 435 g/mol. The fraction of sp³-hybridized carbons (Fsp3) is 0.200. The fourth-order valence-corrected chi connectivity index (χ4v) is 4.24. The van der Waals surface area contributed by atoms with Gasteiger partial charge >= 0.3 is 6.18 Å². The summed E-state index contributed by atoms with van der Waals surface area (Å²) in [5.74, 6) is 0.296. The number of halogens is 3. The molecule has 3 aromatic carbocycles. The largest absolute Gasteiger partial charge is 0.416 e. The first-order valence-corrected chi connectivity index (χ1v) is 10.4. The topological polar surface area (TPSA) is 49.0 Å². The normalized spacial score (nSPS) is 14.5. The lowest BCUT2D eigenvalue weighted by Gasteiger charge is -2.28. The lowest BCUT2D eigenvalue weighted by Crippen LogP contribution is -2.35. The zero-order valence-corrected chi connectivity index (χ0v) is 17.1. The second-order valence-electron chi connectivity index (χ2n) is 8.01. The molecule has 0 saturated heterocycles. The molecule has 0 radical (unpaired) electrons. The highest BCUT2D eigenvalue weighted by atomic mass is 19.4. The highest BCUT2D eigenvalue weighted by molar-refractivity contribution is 5.85. The van der Waals surface area contributed by atoms with Gasteiger partial charge in [0.25, 0.3) is 5.56 Å². The third-order valence-corrected chi connectivity index (χ3v) is 5.91. The molecule has 0 aliphatic carbocycles. The van der Waals surface area contributed by atoms with Crippen LogP contribution in [0.3, 0.4) is 0 Å². The van der Waals surface area contributed by atoms with Gasteiger partial charge in [-0.25, -0.2) is 4.98 Å². The van der Waals surface area contributed by atoms with Gasteiger partial charge in [0.05, 0.1) is 16.8 Å². The molecule has 0 saturated carbocycles. The molecule has 1 aliphatic rings. The summed E-state index contributed by atoms with van der Waals surface area (Å²) in [5, 5.41) is 2.38. The van der Waals surface area contributed by atoms with Gasteiger partial charge in [0.15, 0.2) is 0 Å². The summed E-state index contributed by atoms with van der Waals surface area (Å²) in [4.78, 5) is 22.3. The van der Waals surface area contributed by atoms with E-state index in [4.69, 9.17) is 0 Å². The lowest BCUT2D eigenvalue weighted by molar-refractivity contribution is -0.137. The zero-order valence-electron chi connectivity index (χ0n) is 17.1. The summed E-state index contributed by atoms with van der Waals surface area (Å²) >= 11 is 0. The molecule has 1 aromatic heterocycles. The molecule has 0 atom stereocenters. The number of fused-ring (bicyclic) bond motifs is 2. The maximum atomic E-state index is 12.8. The Hall–Kier alpha value is -3.45. The van der Waals surface area contributed by atoms with Crippen LogP contribution in [0.5, 0.6) is 0 Å². The third kappa shape index (κ3) is 3.91. The zero-order chi connectivity index (χ0) is 22.3. The molecule has 32 heavy (non-hydrogen) atoms. The van der Waals surface area contributed by atoms with Crippen LogP contribution in [0.4, 0.5) is 13.2 Å². The molecule has 1 aliphatic heterocycles. The van der Waals surface area contributed by atoms with Crippen molar-refractivity contribution >= 4 is 10.8 Å². The Labute approximate surface area is 182 Å². The van der Waals surface area contributed by atoms with Crippen molar-refractivity contribution in [3.05, 3.63) is 99.5 Å².